The minimum absolute atomic E-state index is 0.151. The SMILES string of the molecule is CN1CCN([C@H](CNC(=O)Nc2cccs2)c2ccc(N(C)C)cc2)CC1. The first-order chi connectivity index (χ1) is 13.0. The summed E-state index contributed by atoms with van der Waals surface area (Å²) in [4.78, 5) is 19.2. The second-order valence-corrected chi connectivity index (χ2v) is 8.10. The zero-order valence-corrected chi connectivity index (χ0v) is 17.1. The van der Waals surface area contributed by atoms with Crippen molar-refractivity contribution < 1.29 is 4.79 Å². The van der Waals surface area contributed by atoms with Crippen LogP contribution in [0.25, 0.3) is 0 Å². The highest BCUT2D eigenvalue weighted by Crippen LogP contribution is 2.24. The first-order valence-electron chi connectivity index (χ1n) is 9.31. The second-order valence-electron chi connectivity index (χ2n) is 7.15. The van der Waals surface area contributed by atoms with Crippen LogP contribution in [0.2, 0.25) is 0 Å². The van der Waals surface area contributed by atoms with Gasteiger partial charge in [-0.05, 0) is 42.3 Å². The van der Waals surface area contributed by atoms with Crippen LogP contribution in [0.15, 0.2) is 41.8 Å². The van der Waals surface area contributed by atoms with Crippen molar-refractivity contribution in [3.8, 4) is 0 Å². The van der Waals surface area contributed by atoms with E-state index in [0.717, 1.165) is 31.2 Å². The summed E-state index contributed by atoms with van der Waals surface area (Å²) in [5, 5.41) is 8.77. The van der Waals surface area contributed by atoms with Crippen LogP contribution in [0.1, 0.15) is 11.6 Å². The lowest BCUT2D eigenvalue weighted by Gasteiger charge is -2.38. The van der Waals surface area contributed by atoms with Crippen molar-refractivity contribution in [2.45, 2.75) is 6.04 Å². The Labute approximate surface area is 165 Å². The van der Waals surface area contributed by atoms with Gasteiger partial charge in [-0.1, -0.05) is 12.1 Å². The third kappa shape index (κ3) is 5.45. The number of rotatable bonds is 6. The molecule has 2 heterocycles. The van der Waals surface area contributed by atoms with Crippen molar-refractivity contribution in [2.75, 3.05) is 64.1 Å². The minimum atomic E-state index is -0.151. The quantitative estimate of drug-likeness (QED) is 0.800. The molecule has 1 fully saturated rings. The maximum Gasteiger partial charge on any atom is 0.319 e. The Hall–Kier alpha value is -2.09. The molecule has 1 saturated heterocycles. The summed E-state index contributed by atoms with van der Waals surface area (Å²) < 4.78 is 0. The number of anilines is 2. The molecule has 6 nitrogen and oxygen atoms in total. The molecular weight excluding hydrogens is 358 g/mol. The van der Waals surface area contributed by atoms with Crippen LogP contribution in [-0.2, 0) is 0 Å². The van der Waals surface area contributed by atoms with Crippen molar-refractivity contribution in [3.63, 3.8) is 0 Å². The van der Waals surface area contributed by atoms with Crippen molar-refractivity contribution in [1.82, 2.24) is 15.1 Å². The summed E-state index contributed by atoms with van der Waals surface area (Å²) in [6.45, 7) is 4.69. The molecule has 0 spiro atoms. The van der Waals surface area contributed by atoms with E-state index in [1.807, 2.05) is 31.6 Å². The third-order valence-corrected chi connectivity index (χ3v) is 5.77. The molecule has 1 aromatic heterocycles. The lowest BCUT2D eigenvalue weighted by molar-refractivity contribution is 0.111. The predicted octanol–water partition coefficient (Wildman–Crippen LogP) is 2.92. The molecule has 2 aromatic rings. The summed E-state index contributed by atoms with van der Waals surface area (Å²) in [6, 6.07) is 12.5. The summed E-state index contributed by atoms with van der Waals surface area (Å²) >= 11 is 1.52. The Morgan fingerprint density at radius 2 is 1.85 bits per heavy atom. The van der Waals surface area contributed by atoms with Gasteiger partial charge in [-0.3, -0.25) is 10.2 Å². The van der Waals surface area contributed by atoms with Crippen LogP contribution in [0, 0.1) is 0 Å². The van der Waals surface area contributed by atoms with Gasteiger partial charge in [0.1, 0.15) is 0 Å². The molecule has 0 radical (unpaired) electrons. The number of benzene rings is 1. The zero-order valence-electron chi connectivity index (χ0n) is 16.3. The van der Waals surface area contributed by atoms with Gasteiger partial charge < -0.3 is 15.1 Å². The average Bonchev–Trinajstić information content (AvgIpc) is 3.16. The van der Waals surface area contributed by atoms with Crippen LogP contribution in [0.4, 0.5) is 15.5 Å². The summed E-state index contributed by atoms with van der Waals surface area (Å²) in [7, 11) is 6.25. The molecule has 2 amide bonds. The number of carbonyl (C=O) groups is 1. The smallest absolute Gasteiger partial charge is 0.319 e. The monoisotopic (exact) mass is 387 g/mol. The van der Waals surface area contributed by atoms with E-state index in [1.165, 1.54) is 22.6 Å². The predicted molar refractivity (Wildman–Crippen MR) is 114 cm³/mol. The molecule has 7 heteroatoms. The molecule has 27 heavy (non-hydrogen) atoms. The van der Waals surface area contributed by atoms with Crippen LogP contribution in [-0.4, -0.2) is 69.7 Å². The van der Waals surface area contributed by atoms with Gasteiger partial charge in [0.2, 0.25) is 0 Å². The van der Waals surface area contributed by atoms with Gasteiger partial charge in [-0.15, -0.1) is 11.3 Å². The largest absolute Gasteiger partial charge is 0.378 e. The molecule has 3 rings (SSSR count). The van der Waals surface area contributed by atoms with Gasteiger partial charge in [0, 0.05) is 52.5 Å². The maximum atomic E-state index is 12.3. The maximum absolute atomic E-state index is 12.3. The number of nitrogens with zero attached hydrogens (tertiary/aromatic N) is 3. The van der Waals surface area contributed by atoms with Crippen molar-refractivity contribution in [1.29, 1.82) is 0 Å². The van der Waals surface area contributed by atoms with Gasteiger partial charge in [-0.25, -0.2) is 4.79 Å². The standard InChI is InChI=1S/C20H29N5OS/c1-23(2)17-8-6-16(7-9-17)18(25-12-10-24(3)11-13-25)15-21-20(26)22-19-5-4-14-27-19/h4-9,14,18H,10-13,15H2,1-3H3,(H2,21,22,26)/t18-/m1/s1. The molecule has 1 atom stereocenters. The van der Waals surface area contributed by atoms with Gasteiger partial charge in [0.25, 0.3) is 0 Å². The number of piperazine rings is 1. The topological polar surface area (TPSA) is 50.9 Å². The fraction of sp³-hybridized carbons (Fsp3) is 0.450. The first-order valence-corrected chi connectivity index (χ1v) is 10.2. The fourth-order valence-electron chi connectivity index (χ4n) is 3.28. The third-order valence-electron chi connectivity index (χ3n) is 4.99. The van der Waals surface area contributed by atoms with E-state index in [9.17, 15) is 4.79 Å². The minimum Gasteiger partial charge on any atom is -0.378 e. The van der Waals surface area contributed by atoms with E-state index in [2.05, 4.69) is 56.6 Å². The number of likely N-dealkylation sites (N-methyl/N-ethyl adjacent to an activating group) is 1. The molecule has 0 aliphatic carbocycles. The number of carbonyl (C=O) groups excluding carboxylic acids is 1. The number of amides is 2. The van der Waals surface area contributed by atoms with Gasteiger partial charge in [0.05, 0.1) is 11.0 Å². The highest BCUT2D eigenvalue weighted by molar-refractivity contribution is 7.14. The lowest BCUT2D eigenvalue weighted by atomic mass is 10.0. The molecule has 1 aromatic carbocycles. The zero-order chi connectivity index (χ0) is 19.2. The number of hydrogen-bond acceptors (Lipinski definition) is 5. The van der Waals surface area contributed by atoms with Crippen LogP contribution >= 0.6 is 11.3 Å². The van der Waals surface area contributed by atoms with Crippen LogP contribution < -0.4 is 15.5 Å². The normalized spacial score (nSPS) is 16.7. The van der Waals surface area contributed by atoms with Crippen LogP contribution in [0.5, 0.6) is 0 Å². The Bertz CT molecular complexity index is 708. The van der Waals surface area contributed by atoms with Crippen molar-refractivity contribution in [3.05, 3.63) is 47.3 Å². The summed E-state index contributed by atoms with van der Waals surface area (Å²) in [5.41, 5.74) is 2.42. The second kappa shape index (κ2) is 9.21. The Kier molecular flexibility index (Phi) is 6.71. The molecule has 0 saturated carbocycles. The van der Waals surface area contributed by atoms with E-state index >= 15 is 0 Å². The lowest BCUT2D eigenvalue weighted by Crippen LogP contribution is -2.48. The first kappa shape index (κ1) is 19.7. The fourth-order valence-corrected chi connectivity index (χ4v) is 3.89. The highest BCUT2D eigenvalue weighted by Gasteiger charge is 2.24. The Balaban J connectivity index is 1.68. The summed E-state index contributed by atoms with van der Waals surface area (Å²) in [6.07, 6.45) is 0. The van der Waals surface area contributed by atoms with Crippen molar-refractivity contribution >= 4 is 28.1 Å². The molecule has 0 unspecified atom stereocenters. The van der Waals surface area contributed by atoms with E-state index in [0.29, 0.717) is 6.54 Å². The number of nitrogens with one attached hydrogen (secondary N) is 2. The molecule has 2 N–H and O–H groups in total. The highest BCUT2D eigenvalue weighted by atomic mass is 32.1. The average molecular weight is 388 g/mol. The van der Waals surface area contributed by atoms with Gasteiger partial charge >= 0.3 is 6.03 Å². The number of hydrogen-bond donors (Lipinski definition) is 2. The molecule has 146 valence electrons. The van der Waals surface area contributed by atoms with E-state index in [4.69, 9.17) is 0 Å². The van der Waals surface area contributed by atoms with Gasteiger partial charge in [-0.2, -0.15) is 0 Å². The Morgan fingerprint density at radius 3 is 2.44 bits per heavy atom. The molecule has 1 aliphatic rings. The molecule has 0 bridgehead atoms. The Morgan fingerprint density at radius 1 is 1.15 bits per heavy atom. The van der Waals surface area contributed by atoms with E-state index < -0.39 is 0 Å². The van der Waals surface area contributed by atoms with Crippen molar-refractivity contribution in [2.24, 2.45) is 0 Å². The van der Waals surface area contributed by atoms with Gasteiger partial charge in [0.15, 0.2) is 0 Å². The number of urea groups is 1. The van der Waals surface area contributed by atoms with E-state index in [-0.39, 0.29) is 12.1 Å². The van der Waals surface area contributed by atoms with E-state index in [1.54, 1.807) is 0 Å². The van der Waals surface area contributed by atoms with Crippen LogP contribution in [0.3, 0.4) is 0 Å². The molecule has 1 aliphatic heterocycles. The number of thiophene rings is 1. The summed E-state index contributed by atoms with van der Waals surface area (Å²) in [5.74, 6) is 0. The molecular formula is C20H29N5OS.